The maximum absolute atomic E-state index is 12.7. The Labute approximate surface area is 162 Å². The largest absolute Gasteiger partial charge is 0.444 e. The van der Waals surface area contributed by atoms with Gasteiger partial charge in [-0.25, -0.2) is 4.98 Å². The monoisotopic (exact) mass is 379 g/mol. The third kappa shape index (κ3) is 2.87. The van der Waals surface area contributed by atoms with Crippen molar-refractivity contribution in [2.45, 2.75) is 38.5 Å². The van der Waals surface area contributed by atoms with Crippen molar-refractivity contribution in [3.05, 3.63) is 63.3 Å². The molecule has 1 atom stereocenters. The van der Waals surface area contributed by atoms with E-state index in [1.165, 1.54) is 5.56 Å². The molecule has 0 amide bonds. The fraction of sp³-hybridized carbons (Fsp3) is 0.286. The summed E-state index contributed by atoms with van der Waals surface area (Å²) < 4.78 is 5.61. The molecule has 0 radical (unpaired) electrons. The molecule has 0 saturated carbocycles. The van der Waals surface area contributed by atoms with Gasteiger partial charge in [0.15, 0.2) is 5.78 Å². The average molecular weight is 380 g/mol. The van der Waals surface area contributed by atoms with Crippen molar-refractivity contribution in [1.29, 1.82) is 5.26 Å². The van der Waals surface area contributed by atoms with E-state index >= 15 is 0 Å². The molecule has 0 fully saturated rings. The van der Waals surface area contributed by atoms with Crippen molar-refractivity contribution >= 4 is 28.3 Å². The Morgan fingerprint density at radius 1 is 1.37 bits per heavy atom. The topological polar surface area (TPSA) is 89.0 Å². The number of nitrogens with zero attached hydrogens (tertiary/aromatic N) is 2. The first-order valence-electron chi connectivity index (χ1n) is 8.96. The van der Waals surface area contributed by atoms with E-state index in [4.69, 9.17) is 22.1 Å². The Kier molecular flexibility index (Phi) is 4.37. The number of aryl methyl sites for hydroxylation is 1. The van der Waals surface area contributed by atoms with Crippen molar-refractivity contribution < 1.29 is 9.53 Å². The number of aromatic nitrogens is 1. The highest BCUT2D eigenvalue weighted by Crippen LogP contribution is 2.45. The second-order valence-corrected chi connectivity index (χ2v) is 7.15. The maximum Gasteiger partial charge on any atom is 0.205 e. The number of Topliss-reactive ketones (excluding diaryl/α,β-unsaturated/α-hetero) is 1. The van der Waals surface area contributed by atoms with E-state index in [1.807, 2.05) is 18.2 Å². The van der Waals surface area contributed by atoms with Crippen LogP contribution in [-0.4, -0.2) is 10.8 Å². The Hall–Kier alpha value is -2.84. The number of hydrogen-bond donors (Lipinski definition) is 1. The summed E-state index contributed by atoms with van der Waals surface area (Å²) in [4.78, 5) is 17.2. The molecule has 1 aliphatic carbocycles. The van der Waals surface area contributed by atoms with E-state index in [9.17, 15) is 10.1 Å². The molecule has 5 nitrogen and oxygen atoms in total. The lowest BCUT2D eigenvalue weighted by molar-refractivity contribution is -0.116. The van der Waals surface area contributed by atoms with Gasteiger partial charge in [0.25, 0.3) is 0 Å². The van der Waals surface area contributed by atoms with Crippen molar-refractivity contribution in [1.82, 2.24) is 4.98 Å². The van der Waals surface area contributed by atoms with Crippen LogP contribution in [-0.2, 0) is 16.0 Å². The Morgan fingerprint density at radius 3 is 2.93 bits per heavy atom. The molecular formula is C21H18ClN3O2. The number of nitrogens with two attached hydrogens (primary N) is 1. The summed E-state index contributed by atoms with van der Waals surface area (Å²) in [5, 5.41) is 10.9. The fourth-order valence-electron chi connectivity index (χ4n) is 3.81. The SMILES string of the molecule is CCc1ccc2nc(Cl)c(C3C(C#N)=C(N)OC4=C3C(=O)CCC4)cc2c1. The van der Waals surface area contributed by atoms with Crippen LogP contribution in [0.3, 0.4) is 0 Å². The number of fused-ring (bicyclic) bond motifs is 1. The van der Waals surface area contributed by atoms with Gasteiger partial charge in [-0.2, -0.15) is 5.26 Å². The van der Waals surface area contributed by atoms with Gasteiger partial charge in [0.2, 0.25) is 5.88 Å². The molecule has 2 N–H and O–H groups in total. The van der Waals surface area contributed by atoms with E-state index in [2.05, 4.69) is 24.0 Å². The highest BCUT2D eigenvalue weighted by molar-refractivity contribution is 6.30. The summed E-state index contributed by atoms with van der Waals surface area (Å²) in [5.41, 5.74) is 9.26. The zero-order valence-corrected chi connectivity index (χ0v) is 15.6. The number of allylic oxidation sites excluding steroid dienone is 3. The third-order valence-corrected chi connectivity index (χ3v) is 5.49. The summed E-state index contributed by atoms with van der Waals surface area (Å²) in [5.74, 6) is -0.0816. The molecule has 136 valence electrons. The number of carbonyl (C=O) groups is 1. The van der Waals surface area contributed by atoms with Gasteiger partial charge in [-0.3, -0.25) is 4.79 Å². The minimum atomic E-state index is -0.638. The van der Waals surface area contributed by atoms with Crippen LogP contribution in [0.4, 0.5) is 0 Å². The van der Waals surface area contributed by atoms with Gasteiger partial charge in [0, 0.05) is 29.4 Å². The zero-order chi connectivity index (χ0) is 19.1. The van der Waals surface area contributed by atoms with Crippen LogP contribution in [0.1, 0.15) is 43.2 Å². The van der Waals surface area contributed by atoms with Gasteiger partial charge in [-0.1, -0.05) is 24.6 Å². The molecule has 4 rings (SSSR count). The predicted octanol–water partition coefficient (Wildman–Crippen LogP) is 4.27. The van der Waals surface area contributed by atoms with Gasteiger partial charge in [0.1, 0.15) is 22.6 Å². The molecule has 1 aromatic carbocycles. The summed E-state index contributed by atoms with van der Waals surface area (Å²) >= 11 is 6.50. The number of pyridine rings is 1. The second kappa shape index (κ2) is 6.71. The molecule has 0 bridgehead atoms. The second-order valence-electron chi connectivity index (χ2n) is 6.79. The van der Waals surface area contributed by atoms with E-state index < -0.39 is 5.92 Å². The molecule has 0 saturated heterocycles. The first kappa shape index (κ1) is 17.6. The highest BCUT2D eigenvalue weighted by Gasteiger charge is 2.39. The number of halogens is 1. The molecule has 0 spiro atoms. The minimum absolute atomic E-state index is 0.0278. The van der Waals surface area contributed by atoms with Crippen LogP contribution in [0.15, 0.2) is 47.1 Å². The normalized spacial score (nSPS) is 19.7. The molecule has 2 aromatic rings. The number of carbonyl (C=O) groups excluding carboxylic acids is 1. The maximum atomic E-state index is 12.7. The summed E-state index contributed by atoms with van der Waals surface area (Å²) in [6.07, 6.45) is 2.66. The molecule has 2 aliphatic rings. The lowest BCUT2D eigenvalue weighted by Crippen LogP contribution is -2.27. The van der Waals surface area contributed by atoms with Crippen molar-refractivity contribution in [3.63, 3.8) is 0 Å². The molecule has 27 heavy (non-hydrogen) atoms. The Morgan fingerprint density at radius 2 is 2.19 bits per heavy atom. The van der Waals surface area contributed by atoms with Crippen LogP contribution in [0.25, 0.3) is 10.9 Å². The van der Waals surface area contributed by atoms with E-state index in [1.54, 1.807) is 0 Å². The van der Waals surface area contributed by atoms with Gasteiger partial charge >= 0.3 is 0 Å². The number of rotatable bonds is 2. The van der Waals surface area contributed by atoms with Gasteiger partial charge in [-0.15, -0.1) is 0 Å². The van der Waals surface area contributed by atoms with Crippen LogP contribution >= 0.6 is 11.6 Å². The number of hydrogen-bond acceptors (Lipinski definition) is 5. The quantitative estimate of drug-likeness (QED) is 0.787. The van der Waals surface area contributed by atoms with Crippen LogP contribution in [0.5, 0.6) is 0 Å². The van der Waals surface area contributed by atoms with Crippen molar-refractivity contribution in [2.24, 2.45) is 5.73 Å². The smallest absolute Gasteiger partial charge is 0.205 e. The number of benzene rings is 1. The van der Waals surface area contributed by atoms with Gasteiger partial charge in [-0.05, 0) is 36.6 Å². The summed E-state index contributed by atoms with van der Waals surface area (Å²) in [6.45, 7) is 2.08. The standard InChI is InChI=1S/C21H18ClN3O2/c1-2-11-6-7-15-12(8-11)9-13(20(22)25-15)18-14(10-23)21(24)27-17-5-3-4-16(26)19(17)18/h6-9,18H,2-5,24H2,1H3. The van der Waals surface area contributed by atoms with Crippen LogP contribution < -0.4 is 5.73 Å². The van der Waals surface area contributed by atoms with E-state index in [-0.39, 0.29) is 22.4 Å². The highest BCUT2D eigenvalue weighted by atomic mass is 35.5. The molecular weight excluding hydrogens is 362 g/mol. The number of nitriles is 1. The fourth-order valence-corrected chi connectivity index (χ4v) is 4.06. The van der Waals surface area contributed by atoms with Gasteiger partial charge < -0.3 is 10.5 Å². The first-order chi connectivity index (χ1) is 13.0. The lowest BCUT2D eigenvalue weighted by atomic mass is 9.78. The molecule has 1 aromatic heterocycles. The Bertz CT molecular complexity index is 1080. The average Bonchev–Trinajstić information content (AvgIpc) is 2.66. The van der Waals surface area contributed by atoms with E-state index in [0.29, 0.717) is 36.2 Å². The first-order valence-corrected chi connectivity index (χ1v) is 9.34. The van der Waals surface area contributed by atoms with E-state index in [0.717, 1.165) is 17.3 Å². The minimum Gasteiger partial charge on any atom is -0.444 e. The lowest BCUT2D eigenvalue weighted by Gasteiger charge is -2.31. The third-order valence-electron chi connectivity index (χ3n) is 5.18. The summed E-state index contributed by atoms with van der Waals surface area (Å²) in [6, 6.07) is 10.0. The predicted molar refractivity (Wildman–Crippen MR) is 103 cm³/mol. The molecule has 6 heteroatoms. The van der Waals surface area contributed by atoms with Crippen LogP contribution in [0.2, 0.25) is 5.15 Å². The van der Waals surface area contributed by atoms with Crippen molar-refractivity contribution in [2.75, 3.05) is 0 Å². The Balaban J connectivity index is 1.97. The number of ketones is 1. The van der Waals surface area contributed by atoms with Gasteiger partial charge in [0.05, 0.1) is 11.4 Å². The molecule has 1 aliphatic heterocycles. The van der Waals surface area contributed by atoms with Crippen LogP contribution in [0, 0.1) is 11.3 Å². The molecule has 2 heterocycles. The number of ether oxygens (including phenoxy) is 1. The summed E-state index contributed by atoms with van der Waals surface area (Å²) in [7, 11) is 0. The zero-order valence-electron chi connectivity index (χ0n) is 14.9. The molecule has 1 unspecified atom stereocenters. The van der Waals surface area contributed by atoms with Crippen molar-refractivity contribution in [3.8, 4) is 6.07 Å².